The summed E-state index contributed by atoms with van der Waals surface area (Å²) in [4.78, 5) is 2.41. The molecule has 0 radical (unpaired) electrons. The summed E-state index contributed by atoms with van der Waals surface area (Å²) in [5.41, 5.74) is 0. The molecule has 0 aromatic rings. The number of hydrogen-bond acceptors (Lipinski definition) is 2. The highest BCUT2D eigenvalue weighted by Crippen LogP contribution is 2.12. The van der Waals surface area contributed by atoms with Crippen molar-refractivity contribution in [3.05, 3.63) is 0 Å². The predicted octanol–water partition coefficient (Wildman–Crippen LogP) is 1.71. The standard InChI is InChI=1S/C11H24N2/c1-5-11(9(2)3)12-10-6-7-13(4)8-10/h9-12H,5-8H2,1-4H3. The summed E-state index contributed by atoms with van der Waals surface area (Å²) in [7, 11) is 2.21. The van der Waals surface area contributed by atoms with Gasteiger partial charge in [-0.25, -0.2) is 0 Å². The van der Waals surface area contributed by atoms with Gasteiger partial charge in [0.05, 0.1) is 0 Å². The molecule has 1 aliphatic rings. The van der Waals surface area contributed by atoms with Gasteiger partial charge in [-0.1, -0.05) is 20.8 Å². The van der Waals surface area contributed by atoms with Crippen LogP contribution in [0.2, 0.25) is 0 Å². The molecule has 0 spiro atoms. The van der Waals surface area contributed by atoms with Crippen molar-refractivity contribution >= 4 is 0 Å². The Morgan fingerprint density at radius 3 is 2.54 bits per heavy atom. The number of likely N-dealkylation sites (N-methyl/N-ethyl adjacent to an activating group) is 1. The van der Waals surface area contributed by atoms with E-state index < -0.39 is 0 Å². The lowest BCUT2D eigenvalue weighted by Crippen LogP contribution is -2.42. The van der Waals surface area contributed by atoms with E-state index in [0.29, 0.717) is 6.04 Å². The Balaban J connectivity index is 2.30. The van der Waals surface area contributed by atoms with Crippen LogP contribution in [-0.4, -0.2) is 37.1 Å². The maximum atomic E-state index is 3.75. The van der Waals surface area contributed by atoms with Crippen LogP contribution in [0.4, 0.5) is 0 Å². The van der Waals surface area contributed by atoms with Gasteiger partial charge in [-0.15, -0.1) is 0 Å². The second-order valence-electron chi connectivity index (χ2n) is 4.67. The fourth-order valence-corrected chi connectivity index (χ4v) is 2.16. The summed E-state index contributed by atoms with van der Waals surface area (Å²) in [6, 6.07) is 1.44. The van der Waals surface area contributed by atoms with E-state index in [1.54, 1.807) is 0 Å². The van der Waals surface area contributed by atoms with Crippen LogP contribution < -0.4 is 5.32 Å². The molecule has 0 saturated carbocycles. The van der Waals surface area contributed by atoms with Crippen molar-refractivity contribution in [2.24, 2.45) is 5.92 Å². The summed E-state index contributed by atoms with van der Waals surface area (Å²) in [5, 5.41) is 3.75. The number of nitrogens with one attached hydrogen (secondary N) is 1. The molecule has 1 fully saturated rings. The third kappa shape index (κ3) is 3.28. The zero-order chi connectivity index (χ0) is 9.84. The van der Waals surface area contributed by atoms with Gasteiger partial charge in [-0.2, -0.15) is 0 Å². The molecule has 1 aliphatic heterocycles. The van der Waals surface area contributed by atoms with Crippen LogP contribution in [0.25, 0.3) is 0 Å². The quantitative estimate of drug-likeness (QED) is 0.715. The molecule has 1 heterocycles. The maximum absolute atomic E-state index is 3.75. The molecule has 2 heteroatoms. The molecule has 2 nitrogen and oxygen atoms in total. The molecular weight excluding hydrogens is 160 g/mol. The molecule has 0 aliphatic carbocycles. The Labute approximate surface area is 82.7 Å². The monoisotopic (exact) mass is 184 g/mol. The lowest BCUT2D eigenvalue weighted by molar-refractivity contribution is 0.332. The molecule has 0 bridgehead atoms. The van der Waals surface area contributed by atoms with E-state index >= 15 is 0 Å². The van der Waals surface area contributed by atoms with Crippen molar-refractivity contribution in [2.75, 3.05) is 20.1 Å². The fourth-order valence-electron chi connectivity index (χ4n) is 2.16. The van der Waals surface area contributed by atoms with E-state index in [2.05, 4.69) is 38.0 Å². The highest BCUT2D eigenvalue weighted by atomic mass is 15.2. The molecule has 1 saturated heterocycles. The molecule has 1 N–H and O–H groups in total. The van der Waals surface area contributed by atoms with Crippen LogP contribution in [0.5, 0.6) is 0 Å². The minimum atomic E-state index is 0.705. The third-order valence-corrected chi connectivity index (χ3v) is 3.09. The molecule has 0 amide bonds. The van der Waals surface area contributed by atoms with Crippen molar-refractivity contribution in [1.29, 1.82) is 0 Å². The SMILES string of the molecule is CCC(NC1CCN(C)C1)C(C)C. The highest BCUT2D eigenvalue weighted by molar-refractivity contribution is 4.82. The molecule has 2 atom stereocenters. The molecule has 0 aromatic heterocycles. The molecular formula is C11H24N2. The molecule has 78 valence electrons. The first-order chi connectivity index (χ1) is 6.13. The van der Waals surface area contributed by atoms with Crippen molar-refractivity contribution in [3.63, 3.8) is 0 Å². The Kier molecular flexibility index (Phi) is 4.20. The number of nitrogens with zero attached hydrogens (tertiary/aromatic N) is 1. The van der Waals surface area contributed by atoms with Gasteiger partial charge < -0.3 is 10.2 Å². The van der Waals surface area contributed by atoms with E-state index in [4.69, 9.17) is 0 Å². The van der Waals surface area contributed by atoms with E-state index in [9.17, 15) is 0 Å². The van der Waals surface area contributed by atoms with Gasteiger partial charge in [-0.05, 0) is 32.4 Å². The summed E-state index contributed by atoms with van der Waals surface area (Å²) in [6.07, 6.45) is 2.57. The van der Waals surface area contributed by atoms with Crippen LogP contribution in [-0.2, 0) is 0 Å². The molecule has 0 aromatic carbocycles. The fraction of sp³-hybridized carbons (Fsp3) is 1.00. The van der Waals surface area contributed by atoms with Crippen LogP contribution >= 0.6 is 0 Å². The zero-order valence-electron chi connectivity index (χ0n) is 9.51. The average molecular weight is 184 g/mol. The van der Waals surface area contributed by atoms with E-state index in [0.717, 1.165) is 12.0 Å². The molecule has 13 heavy (non-hydrogen) atoms. The van der Waals surface area contributed by atoms with Crippen molar-refractivity contribution in [3.8, 4) is 0 Å². The van der Waals surface area contributed by atoms with Gasteiger partial charge in [0.25, 0.3) is 0 Å². The van der Waals surface area contributed by atoms with E-state index in [-0.39, 0.29) is 0 Å². The smallest absolute Gasteiger partial charge is 0.0209 e. The van der Waals surface area contributed by atoms with Crippen LogP contribution in [0.1, 0.15) is 33.6 Å². The second kappa shape index (κ2) is 4.97. The van der Waals surface area contributed by atoms with Crippen LogP contribution in [0, 0.1) is 5.92 Å². The second-order valence-corrected chi connectivity index (χ2v) is 4.67. The molecule has 2 unspecified atom stereocenters. The van der Waals surface area contributed by atoms with Gasteiger partial charge in [0.15, 0.2) is 0 Å². The summed E-state index contributed by atoms with van der Waals surface area (Å²) in [6.45, 7) is 9.37. The number of rotatable bonds is 4. The van der Waals surface area contributed by atoms with E-state index in [1.807, 2.05) is 0 Å². The first kappa shape index (κ1) is 11.0. The predicted molar refractivity (Wildman–Crippen MR) is 58.0 cm³/mol. The Morgan fingerprint density at radius 1 is 1.46 bits per heavy atom. The Morgan fingerprint density at radius 2 is 2.15 bits per heavy atom. The minimum absolute atomic E-state index is 0.705. The van der Waals surface area contributed by atoms with Crippen molar-refractivity contribution in [1.82, 2.24) is 10.2 Å². The average Bonchev–Trinajstić information content (AvgIpc) is 2.46. The van der Waals surface area contributed by atoms with Gasteiger partial charge in [-0.3, -0.25) is 0 Å². The first-order valence-electron chi connectivity index (χ1n) is 5.58. The Bertz CT molecular complexity index is 145. The molecule has 1 rings (SSSR count). The number of likely N-dealkylation sites (tertiary alicyclic amines) is 1. The van der Waals surface area contributed by atoms with E-state index in [1.165, 1.54) is 25.9 Å². The normalized spacial score (nSPS) is 27.0. The topological polar surface area (TPSA) is 15.3 Å². The summed E-state index contributed by atoms with van der Waals surface area (Å²) < 4.78 is 0. The lowest BCUT2D eigenvalue weighted by atomic mass is 10.0. The summed E-state index contributed by atoms with van der Waals surface area (Å²) in [5.74, 6) is 0.760. The van der Waals surface area contributed by atoms with Gasteiger partial charge in [0.1, 0.15) is 0 Å². The largest absolute Gasteiger partial charge is 0.310 e. The van der Waals surface area contributed by atoms with Gasteiger partial charge in [0.2, 0.25) is 0 Å². The highest BCUT2D eigenvalue weighted by Gasteiger charge is 2.22. The zero-order valence-corrected chi connectivity index (χ0v) is 9.51. The maximum Gasteiger partial charge on any atom is 0.0209 e. The third-order valence-electron chi connectivity index (χ3n) is 3.09. The van der Waals surface area contributed by atoms with Crippen molar-refractivity contribution in [2.45, 2.75) is 45.7 Å². The van der Waals surface area contributed by atoms with Gasteiger partial charge >= 0.3 is 0 Å². The van der Waals surface area contributed by atoms with Crippen LogP contribution in [0.3, 0.4) is 0 Å². The van der Waals surface area contributed by atoms with Gasteiger partial charge in [0, 0.05) is 18.6 Å². The Hall–Kier alpha value is -0.0800. The lowest BCUT2D eigenvalue weighted by Gasteiger charge is -2.25. The van der Waals surface area contributed by atoms with Crippen LogP contribution in [0.15, 0.2) is 0 Å². The first-order valence-corrected chi connectivity index (χ1v) is 5.58. The van der Waals surface area contributed by atoms with Crippen molar-refractivity contribution < 1.29 is 0 Å². The number of hydrogen-bond donors (Lipinski definition) is 1. The summed E-state index contributed by atoms with van der Waals surface area (Å²) >= 11 is 0. The minimum Gasteiger partial charge on any atom is -0.310 e.